The van der Waals surface area contributed by atoms with Gasteiger partial charge in [0.15, 0.2) is 11.9 Å². The number of aldehydes is 1. The minimum absolute atomic E-state index is 0.233. The van der Waals surface area contributed by atoms with E-state index in [9.17, 15) is 9.59 Å². The zero-order chi connectivity index (χ0) is 27.1. The Morgan fingerprint density at radius 3 is 2.08 bits per heavy atom. The van der Waals surface area contributed by atoms with Crippen LogP contribution in [0.3, 0.4) is 0 Å². The summed E-state index contributed by atoms with van der Waals surface area (Å²) < 4.78 is 3.01. The van der Waals surface area contributed by atoms with E-state index in [0.29, 0.717) is 16.2 Å². The third kappa shape index (κ3) is 4.09. The minimum atomic E-state index is -0.233. The molecule has 0 fully saturated rings. The Hall–Kier alpha value is -5.27. The Kier molecular flexibility index (Phi) is 5.83. The second kappa shape index (κ2) is 9.80. The molecule has 0 aliphatic carbocycles. The number of hydrogen-bond acceptors (Lipinski definition) is 5. The van der Waals surface area contributed by atoms with E-state index in [4.69, 9.17) is 5.10 Å². The van der Waals surface area contributed by atoms with Gasteiger partial charge in [-0.3, -0.25) is 4.79 Å². The fourth-order valence-electron chi connectivity index (χ4n) is 4.99. The summed E-state index contributed by atoms with van der Waals surface area (Å²) in [7, 11) is 0. The van der Waals surface area contributed by atoms with Crippen LogP contribution in [-0.4, -0.2) is 20.5 Å². The molecule has 0 aliphatic heterocycles. The number of aromatic nitrogens is 3. The Labute approximate surface area is 233 Å². The molecule has 40 heavy (non-hydrogen) atoms. The first-order valence-corrected chi connectivity index (χ1v) is 13.6. The lowest BCUT2D eigenvalue weighted by Crippen LogP contribution is -2.19. The zero-order valence-electron chi connectivity index (χ0n) is 21.2. The summed E-state index contributed by atoms with van der Waals surface area (Å²) in [5, 5.41) is 6.60. The molecule has 0 atom stereocenters. The molecule has 3 heterocycles. The van der Waals surface area contributed by atoms with E-state index in [1.165, 1.54) is 16.0 Å². The molecule has 3 aromatic heterocycles. The lowest BCUT2D eigenvalue weighted by atomic mass is 10.1. The molecule has 0 amide bonds. The van der Waals surface area contributed by atoms with Crippen molar-refractivity contribution in [3.05, 3.63) is 143 Å². The van der Waals surface area contributed by atoms with Crippen LogP contribution in [0.2, 0.25) is 0 Å². The van der Waals surface area contributed by atoms with Crippen molar-refractivity contribution in [3.63, 3.8) is 0 Å². The van der Waals surface area contributed by atoms with E-state index >= 15 is 0 Å². The number of pyridine rings is 1. The highest BCUT2D eigenvalue weighted by atomic mass is 32.1. The molecule has 0 spiro atoms. The highest BCUT2D eigenvalue weighted by Gasteiger charge is 2.16. The summed E-state index contributed by atoms with van der Waals surface area (Å²) in [6.45, 7) is 0. The summed E-state index contributed by atoms with van der Waals surface area (Å²) in [5.74, 6) is 0. The zero-order valence-corrected chi connectivity index (χ0v) is 22.0. The number of nitrogens with zero attached hydrogens (tertiary/aromatic N) is 4. The number of benzene rings is 4. The van der Waals surface area contributed by atoms with E-state index in [1.807, 2.05) is 84.9 Å². The van der Waals surface area contributed by atoms with Gasteiger partial charge in [-0.05, 0) is 83.7 Å². The predicted molar refractivity (Wildman–Crippen MR) is 162 cm³/mol. The molecule has 0 aliphatic rings. The van der Waals surface area contributed by atoms with Gasteiger partial charge < -0.3 is 4.90 Å². The number of anilines is 3. The van der Waals surface area contributed by atoms with Crippen LogP contribution in [0.1, 0.15) is 9.67 Å². The SMILES string of the molecule is O=Cc1ccc(-c2ccc(-n3nc4c5ccc(N(c6ccccc6)c6ccccc6)cc5ccn4c3=O)cc2)s1. The van der Waals surface area contributed by atoms with E-state index in [1.54, 1.807) is 10.6 Å². The van der Waals surface area contributed by atoms with E-state index in [-0.39, 0.29) is 5.69 Å². The maximum absolute atomic E-state index is 13.3. The smallest absolute Gasteiger partial charge is 0.310 e. The lowest BCUT2D eigenvalue weighted by Gasteiger charge is -2.25. The number of rotatable bonds is 6. The van der Waals surface area contributed by atoms with Gasteiger partial charge in [-0.1, -0.05) is 48.5 Å². The van der Waals surface area contributed by atoms with Crippen LogP contribution < -0.4 is 10.6 Å². The molecule has 192 valence electrons. The molecule has 7 heteroatoms. The van der Waals surface area contributed by atoms with Crippen molar-refractivity contribution >= 4 is 51.1 Å². The van der Waals surface area contributed by atoms with E-state index < -0.39 is 0 Å². The van der Waals surface area contributed by atoms with Crippen LogP contribution >= 0.6 is 11.3 Å². The first-order chi connectivity index (χ1) is 19.7. The van der Waals surface area contributed by atoms with Gasteiger partial charge in [-0.15, -0.1) is 16.4 Å². The Bertz CT molecular complexity index is 2000. The average molecular weight is 539 g/mol. The number of hydrogen-bond donors (Lipinski definition) is 0. The largest absolute Gasteiger partial charge is 0.355 e. The van der Waals surface area contributed by atoms with Gasteiger partial charge in [-0.25, -0.2) is 9.20 Å². The first-order valence-electron chi connectivity index (χ1n) is 12.8. The second-order valence-electron chi connectivity index (χ2n) is 9.35. The number of fused-ring (bicyclic) bond motifs is 3. The van der Waals surface area contributed by atoms with Gasteiger partial charge in [0.25, 0.3) is 0 Å². The maximum Gasteiger partial charge on any atom is 0.355 e. The summed E-state index contributed by atoms with van der Waals surface area (Å²) in [4.78, 5) is 28.3. The number of thiophene rings is 1. The standard InChI is InChI=1S/C33H22N4O2S/c38-22-29-16-18-31(40-29)23-11-13-27(14-12-23)37-33(39)35-20-19-24-21-28(15-17-30(24)32(35)34-37)36(25-7-3-1-4-8-25)26-9-5-2-6-10-26/h1-22H. The van der Waals surface area contributed by atoms with Crippen molar-refractivity contribution in [3.8, 4) is 16.1 Å². The molecule has 6 nitrogen and oxygen atoms in total. The Morgan fingerprint density at radius 1 is 0.725 bits per heavy atom. The second-order valence-corrected chi connectivity index (χ2v) is 10.5. The molecular weight excluding hydrogens is 516 g/mol. The summed E-state index contributed by atoms with van der Waals surface area (Å²) in [5.41, 5.74) is 5.15. The van der Waals surface area contributed by atoms with Crippen molar-refractivity contribution < 1.29 is 4.79 Å². The monoisotopic (exact) mass is 538 g/mol. The average Bonchev–Trinajstić information content (AvgIpc) is 3.63. The van der Waals surface area contributed by atoms with Crippen molar-refractivity contribution in [1.82, 2.24) is 14.2 Å². The molecule has 0 saturated heterocycles. The van der Waals surface area contributed by atoms with Gasteiger partial charge in [0.05, 0.1) is 10.6 Å². The normalized spacial score (nSPS) is 11.2. The van der Waals surface area contributed by atoms with Crippen molar-refractivity contribution in [2.75, 3.05) is 4.90 Å². The van der Waals surface area contributed by atoms with Gasteiger partial charge in [0.2, 0.25) is 0 Å². The molecule has 7 rings (SSSR count). The van der Waals surface area contributed by atoms with Gasteiger partial charge in [0.1, 0.15) is 0 Å². The molecule has 0 bridgehead atoms. The molecule has 7 aromatic rings. The van der Waals surface area contributed by atoms with Crippen LogP contribution in [0.15, 0.2) is 132 Å². The molecule has 4 aromatic carbocycles. The molecule has 0 saturated carbocycles. The number of carbonyl (C=O) groups excluding carboxylic acids is 1. The highest BCUT2D eigenvalue weighted by molar-refractivity contribution is 7.17. The topological polar surface area (TPSA) is 59.6 Å². The molecular formula is C33H22N4O2S. The number of para-hydroxylation sites is 2. The Morgan fingerprint density at radius 2 is 1.43 bits per heavy atom. The molecule has 0 N–H and O–H groups in total. The summed E-state index contributed by atoms with van der Waals surface area (Å²) >= 11 is 1.44. The van der Waals surface area contributed by atoms with Gasteiger partial charge in [-0.2, -0.15) is 4.68 Å². The van der Waals surface area contributed by atoms with Crippen molar-refractivity contribution in [1.29, 1.82) is 0 Å². The minimum Gasteiger partial charge on any atom is -0.310 e. The molecule has 0 unspecified atom stereocenters. The third-order valence-electron chi connectivity index (χ3n) is 6.92. The quantitative estimate of drug-likeness (QED) is 0.204. The fourth-order valence-corrected chi connectivity index (χ4v) is 5.82. The summed E-state index contributed by atoms with van der Waals surface area (Å²) in [6, 6.07) is 40.1. The maximum atomic E-state index is 13.3. The first kappa shape index (κ1) is 23.8. The van der Waals surface area contributed by atoms with Crippen LogP contribution in [-0.2, 0) is 0 Å². The van der Waals surface area contributed by atoms with Crippen molar-refractivity contribution in [2.24, 2.45) is 0 Å². The van der Waals surface area contributed by atoms with E-state index in [2.05, 4.69) is 41.3 Å². The highest BCUT2D eigenvalue weighted by Crippen LogP contribution is 2.36. The van der Waals surface area contributed by atoms with Crippen LogP contribution in [0.4, 0.5) is 17.1 Å². The van der Waals surface area contributed by atoms with Crippen LogP contribution in [0, 0.1) is 0 Å². The third-order valence-corrected chi connectivity index (χ3v) is 7.98. The fraction of sp³-hybridized carbons (Fsp3) is 0. The number of carbonyl (C=O) groups is 1. The molecule has 0 radical (unpaired) electrons. The van der Waals surface area contributed by atoms with Crippen molar-refractivity contribution in [2.45, 2.75) is 0 Å². The van der Waals surface area contributed by atoms with Gasteiger partial charge in [0, 0.05) is 33.5 Å². The lowest BCUT2D eigenvalue weighted by molar-refractivity contribution is 0.112. The van der Waals surface area contributed by atoms with Crippen LogP contribution in [0.5, 0.6) is 0 Å². The summed E-state index contributed by atoms with van der Waals surface area (Å²) in [6.07, 6.45) is 2.64. The van der Waals surface area contributed by atoms with Crippen LogP contribution in [0.25, 0.3) is 32.5 Å². The Balaban J connectivity index is 1.30. The van der Waals surface area contributed by atoms with Gasteiger partial charge >= 0.3 is 5.69 Å². The van der Waals surface area contributed by atoms with E-state index in [0.717, 1.165) is 44.6 Å². The predicted octanol–water partition coefficient (Wildman–Crippen LogP) is 7.65.